The Balaban J connectivity index is 1.68. The number of ether oxygens (including phenoxy) is 2. The lowest BCUT2D eigenvalue weighted by Gasteiger charge is -2.10. The largest absolute Gasteiger partial charge is 0.497 e. The maximum Gasteiger partial charge on any atom is 0.295 e. The van der Waals surface area contributed by atoms with E-state index < -0.39 is 11.7 Å². The number of pyridine rings is 1. The number of carbonyl (C=O) groups is 1. The van der Waals surface area contributed by atoms with Crippen molar-refractivity contribution in [3.8, 4) is 22.9 Å². The van der Waals surface area contributed by atoms with Crippen molar-refractivity contribution in [2.24, 2.45) is 0 Å². The summed E-state index contributed by atoms with van der Waals surface area (Å²) in [5.41, 5.74) is 4.62. The van der Waals surface area contributed by atoms with E-state index in [2.05, 4.69) is 20.4 Å². The van der Waals surface area contributed by atoms with Crippen LogP contribution in [0.15, 0.2) is 42.9 Å². The molecule has 3 aromatic rings. The molecule has 3 rings (SSSR count). The van der Waals surface area contributed by atoms with Gasteiger partial charge in [0.15, 0.2) is 0 Å². The van der Waals surface area contributed by atoms with Crippen molar-refractivity contribution in [2.45, 2.75) is 20.5 Å². The van der Waals surface area contributed by atoms with Gasteiger partial charge in [-0.15, -0.1) is 0 Å². The molecule has 0 saturated heterocycles. The highest BCUT2D eigenvalue weighted by Crippen LogP contribution is 2.23. The van der Waals surface area contributed by atoms with Crippen LogP contribution in [0.2, 0.25) is 0 Å². The second-order valence-corrected chi connectivity index (χ2v) is 6.24. The van der Waals surface area contributed by atoms with Gasteiger partial charge >= 0.3 is 0 Å². The summed E-state index contributed by atoms with van der Waals surface area (Å²) in [6, 6.07) is 6.04. The average Bonchev–Trinajstić information content (AvgIpc) is 2.75. The van der Waals surface area contributed by atoms with Gasteiger partial charge in [-0.1, -0.05) is 0 Å². The summed E-state index contributed by atoms with van der Waals surface area (Å²) in [5.74, 6) is -0.0764. The molecule has 1 aromatic carbocycles. The van der Waals surface area contributed by atoms with E-state index >= 15 is 0 Å². The maximum absolute atomic E-state index is 13.8. The molecule has 0 aliphatic heterocycles. The molecule has 0 spiro atoms. The summed E-state index contributed by atoms with van der Waals surface area (Å²) in [5, 5.41) is 0. The monoisotopic (exact) mass is 412 g/mol. The number of halogens is 1. The van der Waals surface area contributed by atoms with Crippen LogP contribution < -0.4 is 15.0 Å². The number of amides is 1. The summed E-state index contributed by atoms with van der Waals surface area (Å²) >= 11 is 0. The van der Waals surface area contributed by atoms with E-state index in [1.165, 1.54) is 37.7 Å². The number of benzene rings is 1. The van der Waals surface area contributed by atoms with Crippen molar-refractivity contribution in [1.82, 2.24) is 20.4 Å². The van der Waals surface area contributed by atoms with Gasteiger partial charge in [0.1, 0.15) is 23.9 Å². The van der Waals surface area contributed by atoms with Gasteiger partial charge in [-0.25, -0.2) is 19.8 Å². The van der Waals surface area contributed by atoms with Gasteiger partial charge < -0.3 is 9.47 Å². The Morgan fingerprint density at radius 2 is 2.03 bits per heavy atom. The Morgan fingerprint density at radius 3 is 2.77 bits per heavy atom. The average molecular weight is 412 g/mol. The predicted octanol–water partition coefficient (Wildman–Crippen LogP) is 3.26. The Hall–Kier alpha value is -3.59. The molecule has 1 amide bonds. The molecule has 30 heavy (non-hydrogen) atoms. The van der Waals surface area contributed by atoms with Gasteiger partial charge in [0.2, 0.25) is 5.88 Å². The highest BCUT2D eigenvalue weighted by atomic mass is 19.1. The number of nitrogens with zero attached hydrogens (tertiary/aromatic N) is 3. The molecule has 0 aliphatic carbocycles. The summed E-state index contributed by atoms with van der Waals surface area (Å²) in [6.07, 6.45) is 4.47. The third kappa shape index (κ3) is 5.06. The molecule has 0 bridgehead atoms. The molecule has 0 aliphatic rings. The first-order valence-corrected chi connectivity index (χ1v) is 9.18. The minimum atomic E-state index is -0.607. The van der Waals surface area contributed by atoms with Crippen molar-refractivity contribution in [2.75, 3.05) is 13.7 Å². The normalized spacial score (nSPS) is 10.5. The number of nitrogens with one attached hydrogen (secondary N) is 1. The Bertz CT molecular complexity index is 1050. The van der Waals surface area contributed by atoms with E-state index in [9.17, 15) is 9.18 Å². The standard InChI is InChI=1S/C21H21FN4O4/c1-4-29-20-7-13(2)16(9-24-20)18-10-23-11-19(25-18)21(27)26-30-12-14-8-15(28-3)5-6-17(14)22/h5-11H,4,12H2,1-3H3,(H,26,27). The van der Waals surface area contributed by atoms with Crippen LogP contribution in [-0.4, -0.2) is 34.6 Å². The summed E-state index contributed by atoms with van der Waals surface area (Å²) in [4.78, 5) is 30.1. The summed E-state index contributed by atoms with van der Waals surface area (Å²) in [6.45, 7) is 4.10. The first-order chi connectivity index (χ1) is 14.5. The van der Waals surface area contributed by atoms with Crippen molar-refractivity contribution < 1.29 is 23.5 Å². The first-order valence-electron chi connectivity index (χ1n) is 9.18. The topological polar surface area (TPSA) is 95.5 Å². The van der Waals surface area contributed by atoms with Gasteiger partial charge in [0.05, 0.1) is 31.8 Å². The van der Waals surface area contributed by atoms with Gasteiger partial charge in [-0.3, -0.25) is 14.6 Å². The second kappa shape index (κ2) is 9.75. The van der Waals surface area contributed by atoms with Crippen LogP contribution in [0.4, 0.5) is 4.39 Å². The Labute approximate surface area is 173 Å². The zero-order valence-corrected chi connectivity index (χ0v) is 16.8. The number of rotatable bonds is 8. The van der Waals surface area contributed by atoms with E-state index in [1.54, 1.807) is 12.3 Å². The SMILES string of the molecule is CCOc1cc(C)c(-c2cncc(C(=O)NOCc3cc(OC)ccc3F)n2)cn1. The molecule has 0 atom stereocenters. The fourth-order valence-electron chi connectivity index (χ4n) is 2.65. The molecule has 1 N–H and O–H groups in total. The molecule has 9 heteroatoms. The quantitative estimate of drug-likeness (QED) is 0.568. The van der Waals surface area contributed by atoms with Gasteiger partial charge in [-0.05, 0) is 37.6 Å². The predicted molar refractivity (Wildman–Crippen MR) is 106 cm³/mol. The minimum Gasteiger partial charge on any atom is -0.497 e. The third-order valence-electron chi connectivity index (χ3n) is 4.17. The van der Waals surface area contributed by atoms with Crippen LogP contribution in [0.1, 0.15) is 28.5 Å². The summed E-state index contributed by atoms with van der Waals surface area (Å²) in [7, 11) is 1.48. The van der Waals surface area contributed by atoms with Gasteiger partial charge in [0, 0.05) is 23.4 Å². The zero-order valence-electron chi connectivity index (χ0n) is 16.8. The smallest absolute Gasteiger partial charge is 0.295 e. The molecule has 2 heterocycles. The minimum absolute atomic E-state index is 0.0481. The van der Waals surface area contributed by atoms with E-state index in [4.69, 9.17) is 14.3 Å². The van der Waals surface area contributed by atoms with Crippen LogP contribution in [0.3, 0.4) is 0 Å². The van der Waals surface area contributed by atoms with Gasteiger partial charge in [0.25, 0.3) is 5.91 Å². The zero-order chi connectivity index (χ0) is 21.5. The van der Waals surface area contributed by atoms with Crippen LogP contribution in [0.5, 0.6) is 11.6 Å². The van der Waals surface area contributed by atoms with Crippen molar-refractivity contribution in [1.29, 1.82) is 0 Å². The van der Waals surface area contributed by atoms with Crippen LogP contribution >= 0.6 is 0 Å². The number of hydroxylamine groups is 1. The fraction of sp³-hybridized carbons (Fsp3) is 0.238. The summed E-state index contributed by atoms with van der Waals surface area (Å²) < 4.78 is 24.3. The van der Waals surface area contributed by atoms with Crippen LogP contribution in [-0.2, 0) is 11.4 Å². The molecule has 0 radical (unpaired) electrons. The van der Waals surface area contributed by atoms with E-state index in [-0.39, 0.29) is 17.9 Å². The first kappa shape index (κ1) is 21.1. The Kier molecular flexibility index (Phi) is 6.87. The molecule has 2 aromatic heterocycles. The van der Waals surface area contributed by atoms with Crippen LogP contribution in [0.25, 0.3) is 11.3 Å². The van der Waals surface area contributed by atoms with Crippen molar-refractivity contribution in [3.05, 3.63) is 65.5 Å². The fourth-order valence-corrected chi connectivity index (χ4v) is 2.65. The lowest BCUT2D eigenvalue weighted by Crippen LogP contribution is -2.25. The second-order valence-electron chi connectivity index (χ2n) is 6.24. The van der Waals surface area contributed by atoms with Gasteiger partial charge in [-0.2, -0.15) is 0 Å². The molecular weight excluding hydrogens is 391 g/mol. The molecule has 0 fully saturated rings. The van der Waals surface area contributed by atoms with Crippen molar-refractivity contribution >= 4 is 5.91 Å². The molecule has 156 valence electrons. The lowest BCUT2D eigenvalue weighted by molar-refractivity contribution is 0.0219. The number of aryl methyl sites for hydroxylation is 1. The number of hydrogen-bond acceptors (Lipinski definition) is 7. The number of hydrogen-bond donors (Lipinski definition) is 1. The lowest BCUT2D eigenvalue weighted by atomic mass is 10.1. The van der Waals surface area contributed by atoms with E-state index in [0.29, 0.717) is 23.9 Å². The third-order valence-corrected chi connectivity index (χ3v) is 4.17. The highest BCUT2D eigenvalue weighted by molar-refractivity contribution is 5.91. The van der Waals surface area contributed by atoms with E-state index in [0.717, 1.165) is 11.1 Å². The molecular formula is C21H21FN4O4. The number of methoxy groups -OCH3 is 1. The van der Waals surface area contributed by atoms with E-state index in [1.807, 2.05) is 13.8 Å². The molecule has 0 saturated carbocycles. The molecule has 8 nitrogen and oxygen atoms in total. The van der Waals surface area contributed by atoms with Crippen LogP contribution in [0, 0.1) is 12.7 Å². The Morgan fingerprint density at radius 1 is 1.20 bits per heavy atom. The molecule has 0 unspecified atom stereocenters. The number of aromatic nitrogens is 3. The highest BCUT2D eigenvalue weighted by Gasteiger charge is 2.13. The number of carbonyl (C=O) groups excluding carboxylic acids is 1. The maximum atomic E-state index is 13.8. The van der Waals surface area contributed by atoms with Crippen molar-refractivity contribution in [3.63, 3.8) is 0 Å².